The summed E-state index contributed by atoms with van der Waals surface area (Å²) in [7, 11) is 1.69. The van der Waals surface area contributed by atoms with E-state index in [1.807, 2.05) is 19.9 Å². The molecule has 0 fully saturated rings. The third-order valence-electron chi connectivity index (χ3n) is 3.87. The number of nitrogens with one attached hydrogen (secondary N) is 3. The molecule has 1 amide bonds. The van der Waals surface area contributed by atoms with E-state index in [4.69, 9.17) is 11.1 Å². The van der Waals surface area contributed by atoms with Crippen LogP contribution in [0.15, 0.2) is 12.1 Å². The molecule has 0 saturated heterocycles. The number of primary amides is 1. The maximum atomic E-state index is 11.6. The third kappa shape index (κ3) is 2.92. The van der Waals surface area contributed by atoms with E-state index in [1.165, 1.54) is 6.07 Å². The monoisotopic (exact) mass is 353 g/mol. The summed E-state index contributed by atoms with van der Waals surface area (Å²) in [6.45, 7) is 4.55. The Morgan fingerprint density at radius 3 is 2.81 bits per heavy atom. The van der Waals surface area contributed by atoms with E-state index in [0.29, 0.717) is 35.1 Å². The number of nitrogens with zero attached hydrogens (tertiary/aromatic N) is 5. The highest BCUT2D eigenvalue weighted by atomic mass is 16.1. The van der Waals surface area contributed by atoms with Crippen LogP contribution < -0.4 is 11.1 Å². The first-order valence-electron chi connectivity index (χ1n) is 7.99. The van der Waals surface area contributed by atoms with Crippen molar-refractivity contribution >= 4 is 17.8 Å². The fraction of sp³-hybridized carbons (Fsp3) is 0.250. The van der Waals surface area contributed by atoms with Crippen LogP contribution in [0.4, 0.5) is 5.69 Å². The standard InChI is InChI=1S/C16H19N9O/c1-4-25-12(5-8(2)24-25)15-21-16(23-22-15)13-9(7-17)10(19-3)6-11(20-13)14(18)26/h5-7,17H,4H2,1-3H3,(H2,18,26)(H,19,20)(H,21,22,23). The van der Waals surface area contributed by atoms with Crippen LogP contribution in [-0.4, -0.2) is 49.1 Å². The van der Waals surface area contributed by atoms with E-state index < -0.39 is 5.91 Å². The van der Waals surface area contributed by atoms with Crippen LogP contribution >= 0.6 is 0 Å². The van der Waals surface area contributed by atoms with E-state index in [2.05, 4.69) is 30.6 Å². The minimum Gasteiger partial charge on any atom is -0.387 e. The normalized spacial score (nSPS) is 10.7. The minimum atomic E-state index is -0.668. The Morgan fingerprint density at radius 1 is 1.42 bits per heavy atom. The number of amides is 1. The molecular formula is C16H19N9O. The first-order valence-corrected chi connectivity index (χ1v) is 7.99. The predicted molar refractivity (Wildman–Crippen MR) is 97.2 cm³/mol. The van der Waals surface area contributed by atoms with Gasteiger partial charge in [-0.15, -0.1) is 0 Å². The van der Waals surface area contributed by atoms with Gasteiger partial charge in [0.2, 0.25) is 0 Å². The van der Waals surface area contributed by atoms with Crippen molar-refractivity contribution in [3.05, 3.63) is 29.1 Å². The summed E-state index contributed by atoms with van der Waals surface area (Å²) in [4.78, 5) is 20.3. The first-order chi connectivity index (χ1) is 12.5. The second-order valence-corrected chi connectivity index (χ2v) is 5.57. The van der Waals surface area contributed by atoms with Gasteiger partial charge >= 0.3 is 0 Å². The summed E-state index contributed by atoms with van der Waals surface area (Å²) in [6.07, 6.45) is 1.14. The third-order valence-corrected chi connectivity index (χ3v) is 3.87. The Morgan fingerprint density at radius 2 is 2.19 bits per heavy atom. The molecule has 0 aromatic carbocycles. The Labute approximate surface area is 149 Å². The summed E-state index contributed by atoms with van der Waals surface area (Å²) in [5.41, 5.74) is 8.41. The molecular weight excluding hydrogens is 334 g/mol. The highest BCUT2D eigenvalue weighted by Gasteiger charge is 2.19. The molecule has 3 aromatic rings. The van der Waals surface area contributed by atoms with Crippen LogP contribution in [0.3, 0.4) is 0 Å². The SMILES string of the molecule is CCn1nc(C)cc1-c1n[nH]c(-c2nc(C(N)=O)cc(NC)c2C=N)n1. The maximum Gasteiger partial charge on any atom is 0.267 e. The van der Waals surface area contributed by atoms with Crippen LogP contribution in [0.5, 0.6) is 0 Å². The molecule has 26 heavy (non-hydrogen) atoms. The summed E-state index contributed by atoms with van der Waals surface area (Å²) in [5, 5.41) is 22.1. The molecule has 0 aliphatic rings. The number of rotatable bonds is 6. The number of pyridine rings is 1. The lowest BCUT2D eigenvalue weighted by molar-refractivity contribution is 0.0995. The summed E-state index contributed by atoms with van der Waals surface area (Å²) >= 11 is 0. The summed E-state index contributed by atoms with van der Waals surface area (Å²) in [6, 6.07) is 3.39. The van der Waals surface area contributed by atoms with Crippen LogP contribution in [0, 0.1) is 12.3 Å². The van der Waals surface area contributed by atoms with Gasteiger partial charge in [0.25, 0.3) is 5.91 Å². The lowest BCUT2D eigenvalue weighted by Crippen LogP contribution is -2.15. The van der Waals surface area contributed by atoms with Crippen molar-refractivity contribution in [2.45, 2.75) is 20.4 Å². The average Bonchev–Trinajstić information content (AvgIpc) is 3.26. The van der Waals surface area contributed by atoms with Gasteiger partial charge in [-0.1, -0.05) is 0 Å². The van der Waals surface area contributed by atoms with Gasteiger partial charge in [0.05, 0.1) is 5.69 Å². The van der Waals surface area contributed by atoms with Crippen LogP contribution in [0.2, 0.25) is 0 Å². The van der Waals surface area contributed by atoms with Gasteiger partial charge < -0.3 is 16.5 Å². The second kappa shape index (κ2) is 6.75. The molecule has 0 saturated carbocycles. The Bertz CT molecular complexity index is 986. The molecule has 10 nitrogen and oxygen atoms in total. The zero-order valence-corrected chi connectivity index (χ0v) is 14.7. The lowest BCUT2D eigenvalue weighted by Gasteiger charge is -2.10. The quantitative estimate of drug-likeness (QED) is 0.489. The van der Waals surface area contributed by atoms with Crippen molar-refractivity contribution in [1.29, 1.82) is 5.41 Å². The second-order valence-electron chi connectivity index (χ2n) is 5.57. The molecule has 3 rings (SSSR count). The molecule has 0 spiro atoms. The first kappa shape index (κ1) is 17.3. The van der Waals surface area contributed by atoms with Crippen molar-refractivity contribution < 1.29 is 4.79 Å². The molecule has 3 aromatic heterocycles. The predicted octanol–water partition coefficient (Wildman–Crippen LogP) is 1.20. The van der Waals surface area contributed by atoms with Crippen LogP contribution in [0.1, 0.15) is 28.7 Å². The van der Waals surface area contributed by atoms with Gasteiger partial charge in [-0.3, -0.25) is 14.6 Å². The number of H-pyrrole nitrogens is 1. The number of aromatic nitrogens is 6. The van der Waals surface area contributed by atoms with Crippen molar-refractivity contribution in [2.24, 2.45) is 5.73 Å². The molecule has 5 N–H and O–H groups in total. The smallest absolute Gasteiger partial charge is 0.267 e. The lowest BCUT2D eigenvalue weighted by atomic mass is 10.1. The summed E-state index contributed by atoms with van der Waals surface area (Å²) < 4.78 is 1.80. The Balaban J connectivity index is 2.15. The number of anilines is 1. The van der Waals surface area contributed by atoms with E-state index in [-0.39, 0.29) is 5.69 Å². The number of aromatic amines is 1. The van der Waals surface area contributed by atoms with Gasteiger partial charge in [0, 0.05) is 31.1 Å². The Kier molecular flexibility index (Phi) is 4.48. The number of hydrogen-bond donors (Lipinski definition) is 4. The molecule has 0 bridgehead atoms. The van der Waals surface area contributed by atoms with Gasteiger partial charge in [-0.25, -0.2) is 9.97 Å². The molecule has 0 aliphatic heterocycles. The topological polar surface area (TPSA) is 151 Å². The number of carbonyl (C=O) groups excluding carboxylic acids is 1. The van der Waals surface area contributed by atoms with E-state index in [0.717, 1.165) is 17.6 Å². The largest absolute Gasteiger partial charge is 0.387 e. The Hall–Kier alpha value is -3.56. The van der Waals surface area contributed by atoms with Crippen molar-refractivity contribution in [3.8, 4) is 23.0 Å². The number of hydrogen-bond acceptors (Lipinski definition) is 7. The van der Waals surface area contributed by atoms with Crippen LogP contribution in [-0.2, 0) is 6.54 Å². The number of carbonyl (C=O) groups is 1. The van der Waals surface area contributed by atoms with E-state index in [9.17, 15) is 4.79 Å². The van der Waals surface area contributed by atoms with Gasteiger partial charge in [0.15, 0.2) is 11.6 Å². The molecule has 0 unspecified atom stereocenters. The summed E-state index contributed by atoms with van der Waals surface area (Å²) in [5.74, 6) is 0.119. The van der Waals surface area contributed by atoms with Crippen LogP contribution in [0.25, 0.3) is 23.0 Å². The number of nitrogens with two attached hydrogens (primary N) is 1. The average molecular weight is 353 g/mol. The molecule has 10 heteroatoms. The highest BCUT2D eigenvalue weighted by Crippen LogP contribution is 2.26. The van der Waals surface area contributed by atoms with Gasteiger partial charge in [0.1, 0.15) is 17.1 Å². The zero-order chi connectivity index (χ0) is 18.8. The maximum absolute atomic E-state index is 11.6. The van der Waals surface area contributed by atoms with Crippen molar-refractivity contribution in [3.63, 3.8) is 0 Å². The zero-order valence-electron chi connectivity index (χ0n) is 14.7. The number of aryl methyl sites for hydroxylation is 2. The molecule has 3 heterocycles. The van der Waals surface area contributed by atoms with E-state index >= 15 is 0 Å². The molecule has 134 valence electrons. The fourth-order valence-electron chi connectivity index (χ4n) is 2.66. The van der Waals surface area contributed by atoms with Crippen molar-refractivity contribution in [2.75, 3.05) is 12.4 Å². The minimum absolute atomic E-state index is 0.0716. The van der Waals surface area contributed by atoms with E-state index in [1.54, 1.807) is 11.7 Å². The highest BCUT2D eigenvalue weighted by molar-refractivity contribution is 5.98. The van der Waals surface area contributed by atoms with Gasteiger partial charge in [-0.05, 0) is 26.0 Å². The molecule has 0 atom stereocenters. The van der Waals surface area contributed by atoms with Gasteiger partial charge in [-0.2, -0.15) is 10.2 Å². The molecule has 0 radical (unpaired) electrons. The van der Waals surface area contributed by atoms with Crippen molar-refractivity contribution in [1.82, 2.24) is 29.9 Å². The molecule has 0 aliphatic carbocycles. The fourth-order valence-corrected chi connectivity index (χ4v) is 2.66.